The largest absolute Gasteiger partial charge is 0.339 e. The first-order valence-electron chi connectivity index (χ1n) is 5.87. The van der Waals surface area contributed by atoms with E-state index in [1.54, 1.807) is 13.0 Å². The van der Waals surface area contributed by atoms with Crippen molar-refractivity contribution in [1.82, 2.24) is 15.5 Å². The zero-order chi connectivity index (χ0) is 13.7. The van der Waals surface area contributed by atoms with Gasteiger partial charge in [0.1, 0.15) is 5.82 Å². The topological polar surface area (TPSA) is 74.7 Å². The number of nitriles is 1. The molecule has 0 unspecified atom stereocenters. The maximum absolute atomic E-state index is 13.2. The molecule has 1 heterocycles. The molecule has 0 aliphatic carbocycles. The number of benzene rings is 1. The van der Waals surface area contributed by atoms with Crippen molar-refractivity contribution in [3.63, 3.8) is 0 Å². The number of halogens is 1. The number of hydrogen-bond acceptors (Lipinski definition) is 5. The van der Waals surface area contributed by atoms with Gasteiger partial charge in [0.15, 0.2) is 5.82 Å². The number of nitrogens with one attached hydrogen (secondary N) is 1. The Hall–Kier alpha value is -2.26. The predicted molar refractivity (Wildman–Crippen MR) is 65.6 cm³/mol. The van der Waals surface area contributed by atoms with Gasteiger partial charge in [-0.2, -0.15) is 10.2 Å². The third-order valence-electron chi connectivity index (χ3n) is 2.50. The van der Waals surface area contributed by atoms with Gasteiger partial charge in [-0.15, -0.1) is 0 Å². The molecule has 0 aliphatic heterocycles. The Bertz CT molecular complexity index is 603. The highest BCUT2D eigenvalue weighted by atomic mass is 19.1. The van der Waals surface area contributed by atoms with Gasteiger partial charge < -0.3 is 9.84 Å². The summed E-state index contributed by atoms with van der Waals surface area (Å²) >= 11 is 0. The van der Waals surface area contributed by atoms with E-state index in [4.69, 9.17) is 9.78 Å². The Labute approximate surface area is 110 Å². The first-order chi connectivity index (χ1) is 9.17. The average Bonchev–Trinajstić information content (AvgIpc) is 2.80. The quantitative estimate of drug-likeness (QED) is 0.828. The van der Waals surface area contributed by atoms with E-state index in [2.05, 4.69) is 15.5 Å². The minimum atomic E-state index is -0.400. The van der Waals surface area contributed by atoms with Crippen LogP contribution in [0.4, 0.5) is 4.39 Å². The molecule has 0 fully saturated rings. The van der Waals surface area contributed by atoms with E-state index in [0.717, 1.165) is 5.56 Å². The average molecular weight is 260 g/mol. The molecule has 5 nitrogen and oxygen atoms in total. The molecule has 0 bridgehead atoms. The van der Waals surface area contributed by atoms with Crippen molar-refractivity contribution >= 4 is 0 Å². The molecule has 2 rings (SSSR count). The van der Waals surface area contributed by atoms with Crippen molar-refractivity contribution in [3.05, 3.63) is 46.9 Å². The van der Waals surface area contributed by atoms with Gasteiger partial charge in [0.2, 0.25) is 5.89 Å². The SMILES string of the molecule is Cc1noc(CCNCc2cc(F)cc(C#N)c2)n1. The number of aryl methyl sites for hydroxylation is 1. The third kappa shape index (κ3) is 3.86. The molecule has 6 heteroatoms. The van der Waals surface area contributed by atoms with Crippen LogP contribution in [0.25, 0.3) is 0 Å². The Morgan fingerprint density at radius 3 is 2.95 bits per heavy atom. The standard InChI is InChI=1S/C13H13FN4O/c1-9-17-13(19-18-9)2-3-16-8-11-4-10(7-15)5-12(14)6-11/h4-6,16H,2-3,8H2,1H3. The summed E-state index contributed by atoms with van der Waals surface area (Å²) in [7, 11) is 0. The van der Waals surface area contributed by atoms with E-state index in [1.165, 1.54) is 12.1 Å². The Balaban J connectivity index is 1.83. The summed E-state index contributed by atoms with van der Waals surface area (Å²) < 4.78 is 18.1. The lowest BCUT2D eigenvalue weighted by Crippen LogP contribution is -2.17. The van der Waals surface area contributed by atoms with Gasteiger partial charge in [0, 0.05) is 19.5 Å². The van der Waals surface area contributed by atoms with Crippen molar-refractivity contribution in [2.24, 2.45) is 0 Å². The van der Waals surface area contributed by atoms with Crippen LogP contribution >= 0.6 is 0 Å². The molecule has 1 N–H and O–H groups in total. The molecule has 0 saturated heterocycles. The molecular weight excluding hydrogens is 247 g/mol. The smallest absolute Gasteiger partial charge is 0.227 e. The minimum Gasteiger partial charge on any atom is -0.339 e. The zero-order valence-electron chi connectivity index (χ0n) is 10.5. The predicted octanol–water partition coefficient (Wildman–Crippen LogP) is 1.72. The van der Waals surface area contributed by atoms with E-state index in [0.29, 0.717) is 36.8 Å². The molecule has 0 saturated carbocycles. The summed E-state index contributed by atoms with van der Waals surface area (Å²) in [5, 5.41) is 15.6. The van der Waals surface area contributed by atoms with E-state index in [1.807, 2.05) is 6.07 Å². The molecule has 98 valence electrons. The monoisotopic (exact) mass is 260 g/mol. The van der Waals surface area contributed by atoms with Crippen LogP contribution in [0.3, 0.4) is 0 Å². The fraction of sp³-hybridized carbons (Fsp3) is 0.308. The van der Waals surface area contributed by atoms with Gasteiger partial charge in [-0.05, 0) is 30.7 Å². The molecule has 1 aromatic heterocycles. The number of aromatic nitrogens is 2. The second-order valence-corrected chi connectivity index (χ2v) is 4.12. The van der Waals surface area contributed by atoms with Crippen LogP contribution in [0.15, 0.2) is 22.7 Å². The van der Waals surface area contributed by atoms with Gasteiger partial charge in [-0.3, -0.25) is 0 Å². The molecular formula is C13H13FN4O. The van der Waals surface area contributed by atoms with E-state index < -0.39 is 5.82 Å². The van der Waals surface area contributed by atoms with Crippen LogP contribution in [0.2, 0.25) is 0 Å². The van der Waals surface area contributed by atoms with Gasteiger partial charge >= 0.3 is 0 Å². The second kappa shape index (κ2) is 6.07. The van der Waals surface area contributed by atoms with Crippen molar-refractivity contribution in [3.8, 4) is 6.07 Å². The molecule has 2 aromatic rings. The Kier molecular flexibility index (Phi) is 4.21. The van der Waals surface area contributed by atoms with Crippen molar-refractivity contribution in [1.29, 1.82) is 5.26 Å². The third-order valence-corrected chi connectivity index (χ3v) is 2.50. The van der Waals surface area contributed by atoms with Crippen LogP contribution in [-0.4, -0.2) is 16.7 Å². The molecule has 1 aromatic carbocycles. The molecule has 0 radical (unpaired) electrons. The van der Waals surface area contributed by atoms with Gasteiger partial charge in [0.25, 0.3) is 0 Å². The van der Waals surface area contributed by atoms with Crippen LogP contribution in [0.1, 0.15) is 22.8 Å². The second-order valence-electron chi connectivity index (χ2n) is 4.12. The van der Waals surface area contributed by atoms with E-state index >= 15 is 0 Å². The summed E-state index contributed by atoms with van der Waals surface area (Å²) in [5.74, 6) is 0.782. The first-order valence-corrected chi connectivity index (χ1v) is 5.87. The van der Waals surface area contributed by atoms with Gasteiger partial charge in [-0.25, -0.2) is 4.39 Å². The van der Waals surface area contributed by atoms with Crippen molar-refractivity contribution in [2.45, 2.75) is 19.9 Å². The van der Waals surface area contributed by atoms with Crippen molar-refractivity contribution in [2.75, 3.05) is 6.54 Å². The maximum atomic E-state index is 13.2. The Morgan fingerprint density at radius 2 is 2.26 bits per heavy atom. The fourth-order valence-corrected chi connectivity index (χ4v) is 1.69. The molecule has 0 atom stereocenters. The van der Waals surface area contributed by atoms with Gasteiger partial charge in [0.05, 0.1) is 11.6 Å². The number of hydrogen-bond donors (Lipinski definition) is 1. The maximum Gasteiger partial charge on any atom is 0.227 e. The van der Waals surface area contributed by atoms with Gasteiger partial charge in [-0.1, -0.05) is 5.16 Å². The Morgan fingerprint density at radius 1 is 1.42 bits per heavy atom. The summed E-state index contributed by atoms with van der Waals surface area (Å²) in [4.78, 5) is 4.08. The van der Waals surface area contributed by atoms with E-state index in [-0.39, 0.29) is 0 Å². The summed E-state index contributed by atoms with van der Waals surface area (Å²) in [6.07, 6.45) is 0.612. The van der Waals surface area contributed by atoms with Crippen LogP contribution in [0, 0.1) is 24.1 Å². The highest BCUT2D eigenvalue weighted by Crippen LogP contribution is 2.08. The number of nitrogens with zero attached hydrogens (tertiary/aromatic N) is 3. The lowest BCUT2D eigenvalue weighted by atomic mass is 10.1. The number of rotatable bonds is 5. The van der Waals surface area contributed by atoms with Crippen molar-refractivity contribution < 1.29 is 8.91 Å². The summed E-state index contributed by atoms with van der Waals surface area (Å²) in [6, 6.07) is 6.21. The normalized spacial score (nSPS) is 10.4. The zero-order valence-corrected chi connectivity index (χ0v) is 10.5. The lowest BCUT2D eigenvalue weighted by molar-refractivity contribution is 0.372. The molecule has 19 heavy (non-hydrogen) atoms. The van der Waals surface area contributed by atoms with Crippen LogP contribution in [0.5, 0.6) is 0 Å². The highest BCUT2D eigenvalue weighted by molar-refractivity contribution is 5.33. The van der Waals surface area contributed by atoms with E-state index in [9.17, 15) is 4.39 Å². The molecule has 0 spiro atoms. The fourth-order valence-electron chi connectivity index (χ4n) is 1.69. The van der Waals surface area contributed by atoms with Crippen LogP contribution in [-0.2, 0) is 13.0 Å². The lowest BCUT2D eigenvalue weighted by Gasteiger charge is -2.04. The minimum absolute atomic E-state index is 0.323. The summed E-state index contributed by atoms with van der Waals surface area (Å²) in [6.45, 7) is 2.89. The molecule has 0 aliphatic rings. The highest BCUT2D eigenvalue weighted by Gasteiger charge is 2.03. The first kappa shape index (κ1) is 13.2. The molecule has 0 amide bonds. The van der Waals surface area contributed by atoms with Crippen LogP contribution < -0.4 is 5.32 Å². The summed E-state index contributed by atoms with van der Waals surface area (Å²) in [5.41, 5.74) is 1.06.